The highest BCUT2D eigenvalue weighted by Crippen LogP contribution is 2.15. The van der Waals surface area contributed by atoms with Crippen molar-refractivity contribution in [1.29, 1.82) is 0 Å². The maximum atomic E-state index is 12.9. The van der Waals surface area contributed by atoms with E-state index in [0.717, 1.165) is 44.0 Å². The molecule has 130 valence electrons. The third kappa shape index (κ3) is 6.30. The van der Waals surface area contributed by atoms with Gasteiger partial charge in [-0.1, -0.05) is 38.1 Å². The molecule has 24 heavy (non-hydrogen) atoms. The highest BCUT2D eigenvalue weighted by atomic mass is 19.1. The third-order valence-corrected chi connectivity index (χ3v) is 4.05. The topological polar surface area (TPSA) is 24.5 Å². The molecule has 0 aromatic heterocycles. The molecule has 0 radical (unpaired) electrons. The van der Waals surface area contributed by atoms with E-state index in [4.69, 9.17) is 4.74 Å². The van der Waals surface area contributed by atoms with Gasteiger partial charge in [0.1, 0.15) is 18.2 Å². The second-order valence-corrected chi connectivity index (χ2v) is 5.77. The minimum Gasteiger partial charge on any atom is -0.489 e. The van der Waals surface area contributed by atoms with Crippen LogP contribution >= 0.6 is 0 Å². The number of nitrogens with zero attached hydrogens (tertiary/aromatic N) is 1. The Labute approximate surface area is 144 Å². The summed E-state index contributed by atoms with van der Waals surface area (Å²) < 4.78 is 18.7. The molecular weight excluding hydrogens is 303 g/mol. The lowest BCUT2D eigenvalue weighted by molar-refractivity contribution is 0.301. The predicted octanol–water partition coefficient (Wildman–Crippen LogP) is 3.84. The average molecular weight is 330 g/mol. The summed E-state index contributed by atoms with van der Waals surface area (Å²) in [6.07, 6.45) is 0. The van der Waals surface area contributed by atoms with E-state index in [9.17, 15) is 4.39 Å². The molecule has 3 nitrogen and oxygen atoms in total. The van der Waals surface area contributed by atoms with Gasteiger partial charge in [-0.05, 0) is 48.5 Å². The lowest BCUT2D eigenvalue weighted by atomic mass is 10.2. The molecule has 1 N–H and O–H groups in total. The first kappa shape index (κ1) is 18.4. The van der Waals surface area contributed by atoms with Gasteiger partial charge in [-0.2, -0.15) is 0 Å². The Morgan fingerprint density at radius 1 is 1.00 bits per heavy atom. The van der Waals surface area contributed by atoms with Gasteiger partial charge < -0.3 is 15.0 Å². The van der Waals surface area contributed by atoms with E-state index in [1.165, 1.54) is 17.7 Å². The summed E-state index contributed by atoms with van der Waals surface area (Å²) in [4.78, 5) is 2.40. The summed E-state index contributed by atoms with van der Waals surface area (Å²) in [5, 5.41) is 3.47. The van der Waals surface area contributed by atoms with Crippen LogP contribution in [-0.4, -0.2) is 31.1 Å². The van der Waals surface area contributed by atoms with E-state index in [-0.39, 0.29) is 5.82 Å². The van der Waals surface area contributed by atoms with Crippen LogP contribution in [0.25, 0.3) is 0 Å². The van der Waals surface area contributed by atoms with Crippen LogP contribution in [0.5, 0.6) is 5.75 Å². The van der Waals surface area contributed by atoms with Gasteiger partial charge in [-0.15, -0.1) is 0 Å². The van der Waals surface area contributed by atoms with E-state index in [0.29, 0.717) is 6.61 Å². The van der Waals surface area contributed by atoms with Crippen molar-refractivity contribution < 1.29 is 9.13 Å². The van der Waals surface area contributed by atoms with E-state index in [2.05, 4.69) is 30.1 Å². The van der Waals surface area contributed by atoms with Gasteiger partial charge in [-0.25, -0.2) is 4.39 Å². The fourth-order valence-corrected chi connectivity index (χ4v) is 2.50. The Morgan fingerprint density at radius 3 is 2.46 bits per heavy atom. The van der Waals surface area contributed by atoms with Crippen LogP contribution in [-0.2, 0) is 13.2 Å². The second kappa shape index (κ2) is 10.1. The first-order valence-corrected chi connectivity index (χ1v) is 8.60. The summed E-state index contributed by atoms with van der Waals surface area (Å²) >= 11 is 0. The fourth-order valence-electron chi connectivity index (χ4n) is 2.50. The molecule has 0 heterocycles. The van der Waals surface area contributed by atoms with Crippen LogP contribution in [0.3, 0.4) is 0 Å². The summed E-state index contributed by atoms with van der Waals surface area (Å²) in [6, 6.07) is 14.5. The van der Waals surface area contributed by atoms with Gasteiger partial charge in [-0.3, -0.25) is 0 Å². The van der Waals surface area contributed by atoms with E-state index >= 15 is 0 Å². The Kier molecular flexibility index (Phi) is 7.72. The summed E-state index contributed by atoms with van der Waals surface area (Å²) in [7, 11) is 0. The Bertz CT molecular complexity index is 597. The lowest BCUT2D eigenvalue weighted by Gasteiger charge is -2.18. The Hall–Kier alpha value is -1.91. The van der Waals surface area contributed by atoms with Crippen molar-refractivity contribution in [1.82, 2.24) is 10.2 Å². The molecule has 2 aromatic rings. The smallest absolute Gasteiger partial charge is 0.123 e. The number of ether oxygens (including phenoxy) is 1. The maximum Gasteiger partial charge on any atom is 0.123 e. The van der Waals surface area contributed by atoms with Gasteiger partial charge in [0, 0.05) is 19.6 Å². The molecular formula is C20H27FN2O. The molecule has 0 aliphatic rings. The number of hydrogen-bond donors (Lipinski definition) is 1. The zero-order valence-electron chi connectivity index (χ0n) is 14.6. The van der Waals surface area contributed by atoms with Crippen molar-refractivity contribution in [2.24, 2.45) is 0 Å². The molecule has 0 amide bonds. The van der Waals surface area contributed by atoms with E-state index in [1.54, 1.807) is 12.1 Å². The molecule has 0 aliphatic heterocycles. The minimum absolute atomic E-state index is 0.225. The van der Waals surface area contributed by atoms with Crippen molar-refractivity contribution in [3.8, 4) is 5.75 Å². The first-order chi connectivity index (χ1) is 11.7. The SMILES string of the molecule is CCN(CC)CCNCc1cccc(OCc2ccc(F)cc2)c1. The normalized spacial score (nSPS) is 11.0. The van der Waals surface area contributed by atoms with Crippen molar-refractivity contribution in [2.45, 2.75) is 27.0 Å². The van der Waals surface area contributed by atoms with Crippen LogP contribution in [0, 0.1) is 5.82 Å². The maximum absolute atomic E-state index is 12.9. The third-order valence-electron chi connectivity index (χ3n) is 4.05. The van der Waals surface area contributed by atoms with Gasteiger partial charge in [0.15, 0.2) is 0 Å². The number of likely N-dealkylation sites (N-methyl/N-ethyl adjacent to an activating group) is 1. The monoisotopic (exact) mass is 330 g/mol. The summed E-state index contributed by atoms with van der Waals surface area (Å²) in [5.41, 5.74) is 2.16. The average Bonchev–Trinajstić information content (AvgIpc) is 2.62. The number of nitrogens with one attached hydrogen (secondary N) is 1. The standard InChI is InChI=1S/C20H27FN2O/c1-3-23(4-2)13-12-22-15-18-6-5-7-20(14-18)24-16-17-8-10-19(21)11-9-17/h5-11,14,22H,3-4,12-13,15-16H2,1-2H3. The molecule has 0 saturated heterocycles. The zero-order valence-corrected chi connectivity index (χ0v) is 14.6. The largest absolute Gasteiger partial charge is 0.489 e. The van der Waals surface area contributed by atoms with Crippen molar-refractivity contribution in [3.63, 3.8) is 0 Å². The molecule has 0 bridgehead atoms. The van der Waals surface area contributed by atoms with Gasteiger partial charge in [0.05, 0.1) is 0 Å². The molecule has 2 rings (SSSR count). The van der Waals surface area contributed by atoms with Crippen LogP contribution in [0.1, 0.15) is 25.0 Å². The van der Waals surface area contributed by atoms with Gasteiger partial charge >= 0.3 is 0 Å². The molecule has 0 fully saturated rings. The molecule has 0 saturated carbocycles. The molecule has 0 atom stereocenters. The quantitative estimate of drug-likeness (QED) is 0.670. The van der Waals surface area contributed by atoms with Crippen LogP contribution < -0.4 is 10.1 Å². The molecule has 0 aliphatic carbocycles. The van der Waals surface area contributed by atoms with Crippen LogP contribution in [0.15, 0.2) is 48.5 Å². The second-order valence-electron chi connectivity index (χ2n) is 5.77. The van der Waals surface area contributed by atoms with Crippen LogP contribution in [0.4, 0.5) is 4.39 Å². The fraction of sp³-hybridized carbons (Fsp3) is 0.400. The van der Waals surface area contributed by atoms with E-state index < -0.39 is 0 Å². The molecule has 2 aromatic carbocycles. The zero-order chi connectivity index (χ0) is 17.2. The van der Waals surface area contributed by atoms with Crippen molar-refractivity contribution >= 4 is 0 Å². The Morgan fingerprint density at radius 2 is 1.75 bits per heavy atom. The lowest BCUT2D eigenvalue weighted by Crippen LogP contribution is -2.31. The van der Waals surface area contributed by atoms with Gasteiger partial charge in [0.2, 0.25) is 0 Å². The molecule has 0 spiro atoms. The minimum atomic E-state index is -0.225. The number of rotatable bonds is 10. The van der Waals surface area contributed by atoms with Crippen molar-refractivity contribution in [3.05, 3.63) is 65.5 Å². The number of hydrogen-bond acceptors (Lipinski definition) is 3. The molecule has 4 heteroatoms. The van der Waals surface area contributed by atoms with Crippen molar-refractivity contribution in [2.75, 3.05) is 26.2 Å². The predicted molar refractivity (Wildman–Crippen MR) is 96.7 cm³/mol. The summed E-state index contributed by atoms with van der Waals surface area (Å²) in [6.45, 7) is 9.86. The highest BCUT2D eigenvalue weighted by molar-refractivity contribution is 5.29. The Balaban J connectivity index is 1.77. The van der Waals surface area contributed by atoms with E-state index in [1.807, 2.05) is 18.2 Å². The van der Waals surface area contributed by atoms with Gasteiger partial charge in [0.25, 0.3) is 0 Å². The highest BCUT2D eigenvalue weighted by Gasteiger charge is 2.01. The number of benzene rings is 2. The molecule has 0 unspecified atom stereocenters. The summed E-state index contributed by atoms with van der Waals surface area (Å²) in [5.74, 6) is 0.610. The number of halogens is 1. The first-order valence-electron chi connectivity index (χ1n) is 8.60. The van der Waals surface area contributed by atoms with Crippen LogP contribution in [0.2, 0.25) is 0 Å².